The van der Waals surface area contributed by atoms with E-state index in [0.29, 0.717) is 11.3 Å². The number of amides is 1. The summed E-state index contributed by atoms with van der Waals surface area (Å²) in [4.78, 5) is 11.9. The molecule has 5 heteroatoms. The fourth-order valence-corrected chi connectivity index (χ4v) is 1.85. The quantitative estimate of drug-likeness (QED) is 0.515. The van der Waals surface area contributed by atoms with E-state index in [1.165, 1.54) is 0 Å². The van der Waals surface area contributed by atoms with E-state index in [9.17, 15) is 4.79 Å². The largest absolute Gasteiger partial charge is 0.399 e. The molecule has 0 radical (unpaired) electrons. The Morgan fingerprint density at radius 1 is 1.05 bits per heavy atom. The minimum absolute atomic E-state index is 0.263. The van der Waals surface area contributed by atoms with Crippen LogP contribution in [0.15, 0.2) is 58.1 Å². The second-order valence-electron chi connectivity index (χ2n) is 4.27. The average molecular weight is 332 g/mol. The molecule has 0 aliphatic carbocycles. The van der Waals surface area contributed by atoms with Gasteiger partial charge in [-0.05, 0) is 48.9 Å². The zero-order chi connectivity index (χ0) is 14.5. The third kappa shape index (κ3) is 3.68. The number of nitrogens with zero attached hydrogens (tertiary/aromatic N) is 1. The monoisotopic (exact) mass is 331 g/mol. The van der Waals surface area contributed by atoms with Gasteiger partial charge >= 0.3 is 0 Å². The van der Waals surface area contributed by atoms with Crippen LogP contribution in [0.2, 0.25) is 0 Å². The van der Waals surface area contributed by atoms with Crippen molar-refractivity contribution in [3.05, 3.63) is 64.1 Å². The first kappa shape index (κ1) is 14.3. The Balaban J connectivity index is 2.06. The molecule has 0 heterocycles. The summed E-state index contributed by atoms with van der Waals surface area (Å²) in [6.45, 7) is 1.84. The number of benzene rings is 2. The van der Waals surface area contributed by atoms with Gasteiger partial charge in [-0.15, -0.1) is 0 Å². The zero-order valence-electron chi connectivity index (χ0n) is 10.9. The minimum Gasteiger partial charge on any atom is -0.399 e. The molecule has 0 saturated carbocycles. The van der Waals surface area contributed by atoms with Gasteiger partial charge < -0.3 is 5.73 Å². The first-order valence-corrected chi connectivity index (χ1v) is 6.81. The molecule has 0 unspecified atom stereocenters. The van der Waals surface area contributed by atoms with E-state index in [1.807, 2.05) is 31.2 Å². The average Bonchev–Trinajstić information content (AvgIpc) is 2.46. The lowest BCUT2D eigenvalue weighted by molar-refractivity contribution is 0.0955. The van der Waals surface area contributed by atoms with Crippen molar-refractivity contribution < 1.29 is 4.79 Å². The van der Waals surface area contributed by atoms with Crippen molar-refractivity contribution in [2.45, 2.75) is 6.92 Å². The van der Waals surface area contributed by atoms with Crippen molar-refractivity contribution in [2.24, 2.45) is 5.10 Å². The SMILES string of the molecule is C/C(=N/NC(=O)c1ccc(N)cc1)c1ccc(Br)cc1. The lowest BCUT2D eigenvalue weighted by atomic mass is 10.1. The molecule has 0 saturated heterocycles. The Bertz CT molecular complexity index is 633. The van der Waals surface area contributed by atoms with Crippen molar-refractivity contribution in [2.75, 3.05) is 5.73 Å². The molecule has 2 aromatic rings. The normalized spacial score (nSPS) is 11.2. The summed E-state index contributed by atoms with van der Waals surface area (Å²) in [7, 11) is 0. The predicted octanol–water partition coefficient (Wildman–Crippen LogP) is 3.19. The summed E-state index contributed by atoms with van der Waals surface area (Å²) in [6, 6.07) is 14.4. The second-order valence-corrected chi connectivity index (χ2v) is 5.18. The van der Waals surface area contributed by atoms with Gasteiger partial charge in [0.1, 0.15) is 0 Å². The van der Waals surface area contributed by atoms with Crippen molar-refractivity contribution in [3.63, 3.8) is 0 Å². The number of carbonyl (C=O) groups is 1. The highest BCUT2D eigenvalue weighted by molar-refractivity contribution is 9.10. The van der Waals surface area contributed by atoms with Gasteiger partial charge in [0, 0.05) is 15.7 Å². The summed E-state index contributed by atoms with van der Waals surface area (Å²) in [5.41, 5.74) is 10.9. The highest BCUT2D eigenvalue weighted by Gasteiger charge is 2.04. The summed E-state index contributed by atoms with van der Waals surface area (Å²) >= 11 is 3.37. The smallest absolute Gasteiger partial charge is 0.271 e. The Hall–Kier alpha value is -2.14. The molecule has 3 N–H and O–H groups in total. The topological polar surface area (TPSA) is 67.5 Å². The first-order valence-electron chi connectivity index (χ1n) is 6.02. The van der Waals surface area contributed by atoms with Crippen molar-refractivity contribution >= 4 is 33.2 Å². The molecular formula is C15H14BrN3O. The molecule has 0 aliphatic heterocycles. The maximum atomic E-state index is 11.9. The van der Waals surface area contributed by atoms with Gasteiger partial charge in [0.05, 0.1) is 5.71 Å². The molecule has 102 valence electrons. The summed E-state index contributed by atoms with van der Waals surface area (Å²) < 4.78 is 1.000. The summed E-state index contributed by atoms with van der Waals surface area (Å²) in [5, 5.41) is 4.09. The molecule has 20 heavy (non-hydrogen) atoms. The van der Waals surface area contributed by atoms with Crippen molar-refractivity contribution in [1.29, 1.82) is 0 Å². The van der Waals surface area contributed by atoms with Gasteiger partial charge in [-0.25, -0.2) is 5.43 Å². The number of hydrogen-bond donors (Lipinski definition) is 2. The van der Waals surface area contributed by atoms with E-state index < -0.39 is 0 Å². The van der Waals surface area contributed by atoms with Crippen molar-refractivity contribution in [3.8, 4) is 0 Å². The number of nitrogens with one attached hydrogen (secondary N) is 1. The van der Waals surface area contributed by atoms with Crippen LogP contribution in [0.4, 0.5) is 5.69 Å². The van der Waals surface area contributed by atoms with Crippen LogP contribution in [0.1, 0.15) is 22.8 Å². The van der Waals surface area contributed by atoms with E-state index in [0.717, 1.165) is 15.7 Å². The maximum absolute atomic E-state index is 11.9. The summed E-state index contributed by atoms with van der Waals surface area (Å²) in [5.74, 6) is -0.263. The number of rotatable bonds is 3. The molecule has 1 amide bonds. The van der Waals surface area contributed by atoms with E-state index in [1.54, 1.807) is 24.3 Å². The molecule has 2 aromatic carbocycles. The zero-order valence-corrected chi connectivity index (χ0v) is 12.5. The van der Waals surface area contributed by atoms with E-state index in [4.69, 9.17) is 5.73 Å². The Kier molecular flexibility index (Phi) is 4.53. The van der Waals surface area contributed by atoms with Gasteiger partial charge in [0.2, 0.25) is 0 Å². The van der Waals surface area contributed by atoms with Crippen LogP contribution in [-0.4, -0.2) is 11.6 Å². The van der Waals surface area contributed by atoms with Gasteiger partial charge in [-0.2, -0.15) is 5.10 Å². The molecule has 0 aliphatic rings. The van der Waals surface area contributed by atoms with Crippen molar-refractivity contribution in [1.82, 2.24) is 5.43 Å². The Morgan fingerprint density at radius 3 is 2.20 bits per heavy atom. The summed E-state index contributed by atoms with van der Waals surface area (Å²) in [6.07, 6.45) is 0. The fraction of sp³-hybridized carbons (Fsp3) is 0.0667. The molecule has 0 bridgehead atoms. The number of hydrazone groups is 1. The number of nitrogens with two attached hydrogens (primary N) is 1. The van der Waals surface area contributed by atoms with Crippen LogP contribution in [0.5, 0.6) is 0 Å². The number of halogens is 1. The van der Waals surface area contributed by atoms with Crippen LogP contribution >= 0.6 is 15.9 Å². The second kappa shape index (κ2) is 6.34. The molecule has 0 atom stereocenters. The van der Waals surface area contributed by atoms with Gasteiger partial charge in [0.25, 0.3) is 5.91 Å². The highest BCUT2D eigenvalue weighted by Crippen LogP contribution is 2.11. The highest BCUT2D eigenvalue weighted by atomic mass is 79.9. The Morgan fingerprint density at radius 2 is 1.60 bits per heavy atom. The molecule has 0 aromatic heterocycles. The number of anilines is 1. The first-order chi connectivity index (χ1) is 9.56. The number of hydrogen-bond acceptors (Lipinski definition) is 3. The van der Waals surface area contributed by atoms with Crippen LogP contribution in [0, 0.1) is 0 Å². The molecule has 0 fully saturated rings. The van der Waals surface area contributed by atoms with Crippen LogP contribution in [-0.2, 0) is 0 Å². The lowest BCUT2D eigenvalue weighted by Crippen LogP contribution is -2.19. The van der Waals surface area contributed by atoms with Gasteiger partial charge in [-0.1, -0.05) is 28.1 Å². The molecule has 4 nitrogen and oxygen atoms in total. The molecular weight excluding hydrogens is 318 g/mol. The maximum Gasteiger partial charge on any atom is 0.271 e. The third-order valence-corrected chi connectivity index (χ3v) is 3.29. The van der Waals surface area contributed by atoms with E-state index in [-0.39, 0.29) is 5.91 Å². The van der Waals surface area contributed by atoms with Crippen LogP contribution in [0.25, 0.3) is 0 Å². The van der Waals surface area contributed by atoms with E-state index in [2.05, 4.69) is 26.5 Å². The van der Waals surface area contributed by atoms with Gasteiger partial charge in [0.15, 0.2) is 0 Å². The standard InChI is InChI=1S/C15H14BrN3O/c1-10(11-2-6-13(16)7-3-11)18-19-15(20)12-4-8-14(17)9-5-12/h2-9H,17H2,1H3,(H,19,20)/b18-10-. The minimum atomic E-state index is -0.263. The molecule has 0 spiro atoms. The lowest BCUT2D eigenvalue weighted by Gasteiger charge is -2.03. The third-order valence-electron chi connectivity index (χ3n) is 2.76. The molecule has 2 rings (SSSR count). The Labute approximate surface area is 125 Å². The number of carbonyl (C=O) groups excluding carboxylic acids is 1. The van der Waals surface area contributed by atoms with Crippen LogP contribution in [0.3, 0.4) is 0 Å². The predicted molar refractivity (Wildman–Crippen MR) is 84.7 cm³/mol. The number of nitrogen functional groups attached to an aromatic ring is 1. The fourth-order valence-electron chi connectivity index (χ4n) is 1.59. The van der Waals surface area contributed by atoms with Crippen LogP contribution < -0.4 is 11.2 Å². The van der Waals surface area contributed by atoms with Gasteiger partial charge in [-0.3, -0.25) is 4.79 Å². The van der Waals surface area contributed by atoms with E-state index >= 15 is 0 Å².